The van der Waals surface area contributed by atoms with Crippen molar-refractivity contribution in [1.82, 2.24) is 5.32 Å². The second-order valence-corrected chi connectivity index (χ2v) is 5.62. The molecule has 1 aliphatic carbocycles. The summed E-state index contributed by atoms with van der Waals surface area (Å²) in [7, 11) is 1.68. The van der Waals surface area contributed by atoms with Crippen LogP contribution in [0.25, 0.3) is 0 Å². The molecule has 0 unspecified atom stereocenters. The molecule has 3 heteroatoms. The van der Waals surface area contributed by atoms with E-state index in [1.165, 1.54) is 32.1 Å². The number of carbonyl (C=O) groups excluding carboxylic acids is 1. The highest BCUT2D eigenvalue weighted by molar-refractivity contribution is 5.76. The van der Waals surface area contributed by atoms with E-state index in [9.17, 15) is 4.79 Å². The maximum absolute atomic E-state index is 11.9. The zero-order chi connectivity index (χ0) is 14.2. The molecule has 0 saturated heterocycles. The van der Waals surface area contributed by atoms with Crippen molar-refractivity contribution in [2.75, 3.05) is 13.7 Å². The van der Waals surface area contributed by atoms with Gasteiger partial charge < -0.3 is 10.1 Å². The van der Waals surface area contributed by atoms with Gasteiger partial charge in [0.05, 0.1) is 7.11 Å². The molecule has 2 rings (SSSR count). The third kappa shape index (κ3) is 4.55. The summed E-state index contributed by atoms with van der Waals surface area (Å²) in [6.07, 6.45) is 7.89. The van der Waals surface area contributed by atoms with Crippen LogP contribution in [-0.2, 0) is 11.2 Å². The van der Waals surface area contributed by atoms with E-state index in [0.717, 1.165) is 17.7 Å². The van der Waals surface area contributed by atoms with Crippen LogP contribution in [0.3, 0.4) is 0 Å². The SMILES string of the molecule is COc1ccccc1CCNC(=O)CC1CCCCC1. The molecule has 1 amide bonds. The van der Waals surface area contributed by atoms with Crippen LogP contribution in [0.2, 0.25) is 0 Å². The number of methoxy groups -OCH3 is 1. The molecule has 110 valence electrons. The number of amides is 1. The minimum atomic E-state index is 0.201. The molecule has 0 bridgehead atoms. The number of hydrogen-bond acceptors (Lipinski definition) is 2. The molecule has 1 saturated carbocycles. The zero-order valence-corrected chi connectivity index (χ0v) is 12.4. The van der Waals surface area contributed by atoms with Gasteiger partial charge in [-0.1, -0.05) is 37.5 Å². The molecule has 1 aromatic rings. The van der Waals surface area contributed by atoms with Gasteiger partial charge in [-0.2, -0.15) is 0 Å². The Bertz CT molecular complexity index is 425. The van der Waals surface area contributed by atoms with E-state index in [0.29, 0.717) is 18.9 Å². The standard InChI is InChI=1S/C17H25NO2/c1-20-16-10-6-5-9-15(16)11-12-18-17(19)13-14-7-3-2-4-8-14/h5-6,9-10,14H,2-4,7-8,11-13H2,1H3,(H,18,19). The summed E-state index contributed by atoms with van der Waals surface area (Å²) in [5.41, 5.74) is 1.15. The first kappa shape index (κ1) is 14.9. The van der Waals surface area contributed by atoms with E-state index in [2.05, 4.69) is 5.32 Å². The highest BCUT2D eigenvalue weighted by Crippen LogP contribution is 2.26. The number of carbonyl (C=O) groups is 1. The molecule has 0 radical (unpaired) electrons. The van der Waals surface area contributed by atoms with Gasteiger partial charge in [-0.05, 0) is 36.8 Å². The summed E-state index contributed by atoms with van der Waals surface area (Å²) in [6, 6.07) is 7.97. The van der Waals surface area contributed by atoms with Crippen LogP contribution in [0.1, 0.15) is 44.1 Å². The molecule has 0 aromatic heterocycles. The maximum atomic E-state index is 11.9. The molecule has 1 aliphatic rings. The number of rotatable bonds is 6. The summed E-state index contributed by atoms with van der Waals surface area (Å²) >= 11 is 0. The van der Waals surface area contributed by atoms with E-state index in [-0.39, 0.29) is 5.91 Å². The van der Waals surface area contributed by atoms with Crippen LogP contribution in [0, 0.1) is 5.92 Å². The van der Waals surface area contributed by atoms with Crippen molar-refractivity contribution < 1.29 is 9.53 Å². The number of para-hydroxylation sites is 1. The van der Waals surface area contributed by atoms with Gasteiger partial charge in [-0.15, -0.1) is 0 Å². The van der Waals surface area contributed by atoms with Gasteiger partial charge in [0.2, 0.25) is 5.91 Å². The molecular formula is C17H25NO2. The Morgan fingerprint density at radius 1 is 1.25 bits per heavy atom. The lowest BCUT2D eigenvalue weighted by atomic mass is 9.87. The third-order valence-corrected chi connectivity index (χ3v) is 4.11. The average molecular weight is 275 g/mol. The fourth-order valence-electron chi connectivity index (χ4n) is 2.97. The first-order valence-corrected chi connectivity index (χ1v) is 7.68. The smallest absolute Gasteiger partial charge is 0.220 e. The first-order valence-electron chi connectivity index (χ1n) is 7.68. The first-order chi connectivity index (χ1) is 9.79. The Kier molecular flexibility index (Phi) is 5.90. The van der Waals surface area contributed by atoms with Gasteiger partial charge in [0.25, 0.3) is 0 Å². The van der Waals surface area contributed by atoms with E-state index in [1.807, 2.05) is 24.3 Å². The molecule has 0 atom stereocenters. The molecule has 1 N–H and O–H groups in total. The van der Waals surface area contributed by atoms with Crippen molar-refractivity contribution in [3.8, 4) is 5.75 Å². The summed E-state index contributed by atoms with van der Waals surface area (Å²) in [6.45, 7) is 0.686. The minimum absolute atomic E-state index is 0.201. The summed E-state index contributed by atoms with van der Waals surface area (Å²) < 4.78 is 5.31. The zero-order valence-electron chi connectivity index (χ0n) is 12.4. The van der Waals surface area contributed by atoms with Crippen molar-refractivity contribution in [2.24, 2.45) is 5.92 Å². The van der Waals surface area contributed by atoms with Crippen LogP contribution >= 0.6 is 0 Å². The maximum Gasteiger partial charge on any atom is 0.220 e. The summed E-state index contributed by atoms with van der Waals surface area (Å²) in [5.74, 6) is 1.70. The van der Waals surface area contributed by atoms with Gasteiger partial charge in [0, 0.05) is 13.0 Å². The fraction of sp³-hybridized carbons (Fsp3) is 0.588. The lowest BCUT2D eigenvalue weighted by Gasteiger charge is -2.20. The van der Waals surface area contributed by atoms with Crippen molar-refractivity contribution in [2.45, 2.75) is 44.9 Å². The van der Waals surface area contributed by atoms with Crippen molar-refractivity contribution in [1.29, 1.82) is 0 Å². The van der Waals surface area contributed by atoms with Crippen LogP contribution in [-0.4, -0.2) is 19.6 Å². The van der Waals surface area contributed by atoms with Gasteiger partial charge in [-0.3, -0.25) is 4.79 Å². The number of hydrogen-bond donors (Lipinski definition) is 1. The Balaban J connectivity index is 1.70. The van der Waals surface area contributed by atoms with Gasteiger partial charge in [0.1, 0.15) is 5.75 Å². The molecule has 0 spiro atoms. The Labute approximate surface area is 121 Å². The number of ether oxygens (including phenoxy) is 1. The van der Waals surface area contributed by atoms with Crippen molar-refractivity contribution >= 4 is 5.91 Å². The number of benzene rings is 1. The normalized spacial score (nSPS) is 15.8. The Hall–Kier alpha value is -1.51. The van der Waals surface area contributed by atoms with Crippen molar-refractivity contribution in [3.63, 3.8) is 0 Å². The summed E-state index contributed by atoms with van der Waals surface area (Å²) in [5, 5.41) is 3.04. The molecule has 1 fully saturated rings. The molecule has 0 heterocycles. The largest absolute Gasteiger partial charge is 0.496 e. The topological polar surface area (TPSA) is 38.3 Å². The van der Waals surface area contributed by atoms with Crippen molar-refractivity contribution in [3.05, 3.63) is 29.8 Å². The predicted molar refractivity (Wildman–Crippen MR) is 80.9 cm³/mol. The molecular weight excluding hydrogens is 250 g/mol. The van der Waals surface area contributed by atoms with E-state index in [4.69, 9.17) is 4.74 Å². The summed E-state index contributed by atoms with van der Waals surface area (Å²) in [4.78, 5) is 11.9. The van der Waals surface area contributed by atoms with Gasteiger partial charge in [0.15, 0.2) is 0 Å². The number of nitrogens with one attached hydrogen (secondary N) is 1. The van der Waals surface area contributed by atoms with Gasteiger partial charge >= 0.3 is 0 Å². The third-order valence-electron chi connectivity index (χ3n) is 4.11. The molecule has 3 nitrogen and oxygen atoms in total. The van der Waals surface area contributed by atoms with Crippen LogP contribution in [0.15, 0.2) is 24.3 Å². The average Bonchev–Trinajstić information content (AvgIpc) is 2.49. The van der Waals surface area contributed by atoms with Crippen LogP contribution < -0.4 is 10.1 Å². The van der Waals surface area contributed by atoms with Crippen LogP contribution in [0.5, 0.6) is 5.75 Å². The second-order valence-electron chi connectivity index (χ2n) is 5.62. The highest BCUT2D eigenvalue weighted by Gasteiger charge is 2.16. The quantitative estimate of drug-likeness (QED) is 0.865. The van der Waals surface area contributed by atoms with Crippen LogP contribution in [0.4, 0.5) is 0 Å². The molecule has 1 aromatic carbocycles. The Morgan fingerprint density at radius 2 is 2.00 bits per heavy atom. The monoisotopic (exact) mass is 275 g/mol. The molecule has 20 heavy (non-hydrogen) atoms. The predicted octanol–water partition coefficient (Wildman–Crippen LogP) is 3.32. The second kappa shape index (κ2) is 7.93. The lowest BCUT2D eigenvalue weighted by Crippen LogP contribution is -2.28. The van der Waals surface area contributed by atoms with E-state index >= 15 is 0 Å². The Morgan fingerprint density at radius 3 is 2.75 bits per heavy atom. The highest BCUT2D eigenvalue weighted by atomic mass is 16.5. The minimum Gasteiger partial charge on any atom is -0.496 e. The van der Waals surface area contributed by atoms with E-state index < -0.39 is 0 Å². The van der Waals surface area contributed by atoms with E-state index in [1.54, 1.807) is 7.11 Å². The van der Waals surface area contributed by atoms with Gasteiger partial charge in [-0.25, -0.2) is 0 Å². The fourth-order valence-corrected chi connectivity index (χ4v) is 2.97. The lowest BCUT2D eigenvalue weighted by molar-refractivity contribution is -0.122. The molecule has 0 aliphatic heterocycles.